The Morgan fingerprint density at radius 3 is 2.71 bits per heavy atom. The van der Waals surface area contributed by atoms with Gasteiger partial charge in [0.2, 0.25) is 0 Å². The fraction of sp³-hybridized carbons (Fsp3) is 0.500. The standard InChI is InChI=1S/C14H18N2O5/c1-20-14-7-4-12(16(18)19)8-10(14)9-21-13-5-2-11(15-17)3-6-13/h4,7-8,13,17H,2-3,5-6,9H2,1H3. The van der Waals surface area contributed by atoms with Gasteiger partial charge < -0.3 is 14.7 Å². The van der Waals surface area contributed by atoms with E-state index in [0.717, 1.165) is 18.6 Å². The molecule has 1 aliphatic carbocycles. The predicted molar refractivity (Wildman–Crippen MR) is 75.9 cm³/mol. The maximum absolute atomic E-state index is 10.8. The van der Waals surface area contributed by atoms with Crippen molar-refractivity contribution in [3.63, 3.8) is 0 Å². The second-order valence-corrected chi connectivity index (χ2v) is 4.93. The highest BCUT2D eigenvalue weighted by atomic mass is 16.6. The Morgan fingerprint density at radius 2 is 2.14 bits per heavy atom. The number of nitro benzene ring substituents is 1. The lowest BCUT2D eigenvalue weighted by atomic mass is 9.96. The van der Waals surface area contributed by atoms with Crippen molar-refractivity contribution in [3.05, 3.63) is 33.9 Å². The third kappa shape index (κ3) is 3.91. The van der Waals surface area contributed by atoms with Crippen molar-refractivity contribution in [1.82, 2.24) is 0 Å². The van der Waals surface area contributed by atoms with Gasteiger partial charge in [0.15, 0.2) is 0 Å². The molecule has 0 aliphatic heterocycles. The largest absolute Gasteiger partial charge is 0.496 e. The van der Waals surface area contributed by atoms with Crippen molar-refractivity contribution in [2.24, 2.45) is 5.16 Å². The highest BCUT2D eigenvalue weighted by Gasteiger charge is 2.19. The molecule has 0 spiro atoms. The maximum Gasteiger partial charge on any atom is 0.270 e. The molecule has 2 rings (SSSR count). The first kappa shape index (κ1) is 15.2. The number of non-ortho nitro benzene ring substituents is 1. The summed E-state index contributed by atoms with van der Waals surface area (Å²) in [4.78, 5) is 10.4. The van der Waals surface area contributed by atoms with E-state index in [0.29, 0.717) is 24.2 Å². The molecule has 0 unspecified atom stereocenters. The first-order valence-corrected chi connectivity index (χ1v) is 6.76. The van der Waals surface area contributed by atoms with Gasteiger partial charge in [0.1, 0.15) is 5.75 Å². The SMILES string of the molecule is COc1ccc([N+](=O)[O-])cc1COC1CCC(=NO)CC1. The molecule has 0 amide bonds. The molecule has 114 valence electrons. The summed E-state index contributed by atoms with van der Waals surface area (Å²) < 4.78 is 11.0. The lowest BCUT2D eigenvalue weighted by molar-refractivity contribution is -0.385. The van der Waals surface area contributed by atoms with Gasteiger partial charge in [0.25, 0.3) is 5.69 Å². The summed E-state index contributed by atoms with van der Waals surface area (Å²) in [6.07, 6.45) is 3.08. The molecule has 1 N–H and O–H groups in total. The van der Waals surface area contributed by atoms with Crippen LogP contribution in [0.2, 0.25) is 0 Å². The maximum atomic E-state index is 10.8. The quantitative estimate of drug-likeness (QED) is 0.512. The molecule has 0 bridgehead atoms. The Kier molecular flexibility index (Phi) is 5.10. The zero-order valence-electron chi connectivity index (χ0n) is 11.8. The molecule has 1 aromatic carbocycles. The van der Waals surface area contributed by atoms with Crippen LogP contribution in [0.4, 0.5) is 5.69 Å². The van der Waals surface area contributed by atoms with Gasteiger partial charge in [-0.3, -0.25) is 10.1 Å². The first-order valence-electron chi connectivity index (χ1n) is 6.76. The minimum Gasteiger partial charge on any atom is -0.496 e. The van der Waals surface area contributed by atoms with Crippen LogP contribution >= 0.6 is 0 Å². The van der Waals surface area contributed by atoms with E-state index in [1.807, 2.05) is 0 Å². The van der Waals surface area contributed by atoms with Gasteiger partial charge in [-0.1, -0.05) is 5.16 Å². The van der Waals surface area contributed by atoms with Crippen LogP contribution in [-0.2, 0) is 11.3 Å². The Morgan fingerprint density at radius 1 is 1.43 bits per heavy atom. The van der Waals surface area contributed by atoms with Gasteiger partial charge >= 0.3 is 0 Å². The van der Waals surface area contributed by atoms with Gasteiger partial charge in [0.05, 0.1) is 30.5 Å². The van der Waals surface area contributed by atoms with Crippen molar-refractivity contribution in [2.75, 3.05) is 7.11 Å². The monoisotopic (exact) mass is 294 g/mol. The number of benzene rings is 1. The fourth-order valence-electron chi connectivity index (χ4n) is 2.39. The molecule has 1 saturated carbocycles. The Labute approximate surface area is 122 Å². The van der Waals surface area contributed by atoms with Gasteiger partial charge in [-0.05, 0) is 31.7 Å². The average Bonchev–Trinajstić information content (AvgIpc) is 2.53. The van der Waals surface area contributed by atoms with Crippen LogP contribution in [0, 0.1) is 10.1 Å². The minimum atomic E-state index is -0.437. The number of ether oxygens (including phenoxy) is 2. The van der Waals surface area contributed by atoms with E-state index in [-0.39, 0.29) is 18.4 Å². The lowest BCUT2D eigenvalue weighted by Gasteiger charge is -2.23. The zero-order valence-corrected chi connectivity index (χ0v) is 11.8. The fourth-order valence-corrected chi connectivity index (χ4v) is 2.39. The molecule has 0 aromatic heterocycles. The average molecular weight is 294 g/mol. The summed E-state index contributed by atoms with van der Waals surface area (Å²) in [5, 5.41) is 22.7. The topological polar surface area (TPSA) is 94.2 Å². The number of methoxy groups -OCH3 is 1. The second-order valence-electron chi connectivity index (χ2n) is 4.93. The third-order valence-corrected chi connectivity index (χ3v) is 3.60. The van der Waals surface area contributed by atoms with E-state index in [1.54, 1.807) is 6.07 Å². The van der Waals surface area contributed by atoms with Crippen LogP contribution in [0.25, 0.3) is 0 Å². The predicted octanol–water partition coefficient (Wildman–Crippen LogP) is 2.89. The van der Waals surface area contributed by atoms with Gasteiger partial charge in [0, 0.05) is 17.7 Å². The molecule has 7 heteroatoms. The summed E-state index contributed by atoms with van der Waals surface area (Å²) in [5.74, 6) is 0.578. The first-order chi connectivity index (χ1) is 10.1. The number of rotatable bonds is 5. The lowest BCUT2D eigenvalue weighted by Crippen LogP contribution is -2.21. The van der Waals surface area contributed by atoms with Crippen LogP contribution in [0.5, 0.6) is 5.75 Å². The molecule has 0 atom stereocenters. The van der Waals surface area contributed by atoms with E-state index in [9.17, 15) is 10.1 Å². The summed E-state index contributed by atoms with van der Waals surface area (Å²) in [5.41, 5.74) is 1.48. The van der Waals surface area contributed by atoms with E-state index >= 15 is 0 Å². The van der Waals surface area contributed by atoms with Crippen LogP contribution in [0.1, 0.15) is 31.2 Å². The number of nitro groups is 1. The van der Waals surface area contributed by atoms with Crippen molar-refractivity contribution in [1.29, 1.82) is 0 Å². The third-order valence-electron chi connectivity index (χ3n) is 3.60. The molecule has 0 saturated heterocycles. The smallest absolute Gasteiger partial charge is 0.270 e. The Bertz CT molecular complexity index is 534. The summed E-state index contributed by atoms with van der Waals surface area (Å²) in [7, 11) is 1.52. The van der Waals surface area contributed by atoms with E-state index in [1.165, 1.54) is 19.2 Å². The summed E-state index contributed by atoms with van der Waals surface area (Å²) in [6.45, 7) is 0.265. The second kappa shape index (κ2) is 7.03. The minimum absolute atomic E-state index is 0.0211. The van der Waals surface area contributed by atoms with Crippen LogP contribution in [0.15, 0.2) is 23.4 Å². The number of oxime groups is 1. The Hall–Kier alpha value is -2.15. The molecule has 1 aliphatic rings. The molecule has 0 radical (unpaired) electrons. The molecule has 0 heterocycles. The normalized spacial score (nSPS) is 18.3. The number of hydrogen-bond acceptors (Lipinski definition) is 6. The molecule has 1 fully saturated rings. The summed E-state index contributed by atoms with van der Waals surface area (Å²) in [6, 6.07) is 4.46. The van der Waals surface area contributed by atoms with Crippen LogP contribution in [0.3, 0.4) is 0 Å². The van der Waals surface area contributed by atoms with Gasteiger partial charge in [-0.15, -0.1) is 0 Å². The highest BCUT2D eigenvalue weighted by Crippen LogP contribution is 2.27. The molecule has 1 aromatic rings. The van der Waals surface area contributed by atoms with Crippen LogP contribution < -0.4 is 4.74 Å². The molecule has 21 heavy (non-hydrogen) atoms. The van der Waals surface area contributed by atoms with Crippen molar-refractivity contribution in [3.8, 4) is 5.75 Å². The van der Waals surface area contributed by atoms with E-state index in [4.69, 9.17) is 14.7 Å². The van der Waals surface area contributed by atoms with Gasteiger partial charge in [-0.2, -0.15) is 0 Å². The number of nitrogens with zero attached hydrogens (tertiary/aromatic N) is 2. The van der Waals surface area contributed by atoms with Crippen molar-refractivity contribution in [2.45, 2.75) is 38.4 Å². The van der Waals surface area contributed by atoms with Crippen molar-refractivity contribution >= 4 is 11.4 Å². The molecule has 7 nitrogen and oxygen atoms in total. The number of hydrogen-bond donors (Lipinski definition) is 1. The summed E-state index contributed by atoms with van der Waals surface area (Å²) >= 11 is 0. The van der Waals surface area contributed by atoms with E-state index in [2.05, 4.69) is 5.16 Å². The van der Waals surface area contributed by atoms with Gasteiger partial charge in [-0.25, -0.2) is 0 Å². The van der Waals surface area contributed by atoms with Crippen molar-refractivity contribution < 1.29 is 19.6 Å². The molecular weight excluding hydrogens is 276 g/mol. The zero-order chi connectivity index (χ0) is 15.2. The molecular formula is C14H18N2O5. The Balaban J connectivity index is 1.99. The van der Waals surface area contributed by atoms with Crippen LogP contribution in [-0.4, -0.2) is 29.1 Å². The highest BCUT2D eigenvalue weighted by molar-refractivity contribution is 5.84. The van der Waals surface area contributed by atoms with E-state index < -0.39 is 4.92 Å².